The molecule has 2 N–H and O–H groups in total. The summed E-state index contributed by atoms with van der Waals surface area (Å²) in [6, 6.07) is -0.132. The largest absolute Gasteiger partial charge is 0.291 e. The molecule has 0 aliphatic rings. The Labute approximate surface area is 96.8 Å². The molecule has 6 nitrogen and oxygen atoms in total. The molecule has 0 aliphatic carbocycles. The van der Waals surface area contributed by atoms with Crippen molar-refractivity contribution in [3.63, 3.8) is 0 Å². The summed E-state index contributed by atoms with van der Waals surface area (Å²) < 4.78 is 0. The molecular weight excluding hydrogens is 228 g/mol. The third kappa shape index (κ3) is 3.13. The van der Waals surface area contributed by atoms with Gasteiger partial charge >= 0.3 is 0 Å². The van der Waals surface area contributed by atoms with Crippen LogP contribution in [0, 0.1) is 0 Å². The Balaban J connectivity index is 2.66. The highest BCUT2D eigenvalue weighted by Gasteiger charge is 2.13. The maximum Gasteiger partial charge on any atom is 0.289 e. The average Bonchev–Trinajstić information content (AvgIpc) is 2.74. The molecule has 86 valence electrons. The molecular formula is C9H12N4O2S. The van der Waals surface area contributed by atoms with E-state index >= 15 is 0 Å². The highest BCUT2D eigenvalue weighted by atomic mass is 32.1. The number of hydrogen-bond acceptors (Lipinski definition) is 5. The van der Waals surface area contributed by atoms with Crippen molar-refractivity contribution in [3.05, 3.63) is 16.1 Å². The van der Waals surface area contributed by atoms with Gasteiger partial charge in [0.25, 0.3) is 5.91 Å². The van der Waals surface area contributed by atoms with Gasteiger partial charge in [0, 0.05) is 12.3 Å². The van der Waals surface area contributed by atoms with E-state index in [9.17, 15) is 9.59 Å². The van der Waals surface area contributed by atoms with Crippen molar-refractivity contribution in [1.29, 1.82) is 0 Å². The van der Waals surface area contributed by atoms with E-state index in [1.807, 2.05) is 6.92 Å². The van der Waals surface area contributed by atoms with Crippen LogP contribution in [-0.2, 0) is 4.79 Å². The van der Waals surface area contributed by atoms with Gasteiger partial charge in [-0.25, -0.2) is 4.98 Å². The average molecular weight is 240 g/mol. The zero-order chi connectivity index (χ0) is 12.1. The van der Waals surface area contributed by atoms with Gasteiger partial charge in [-0.05, 0) is 13.6 Å². The second-order valence-electron chi connectivity index (χ2n) is 3.06. The van der Waals surface area contributed by atoms with Gasteiger partial charge < -0.3 is 0 Å². The first-order valence-electron chi connectivity index (χ1n) is 4.52. The summed E-state index contributed by atoms with van der Waals surface area (Å²) in [6.07, 6.45) is 0. The first-order chi connectivity index (χ1) is 7.54. The fourth-order valence-electron chi connectivity index (χ4n) is 0.871. The van der Waals surface area contributed by atoms with E-state index in [0.717, 1.165) is 0 Å². The molecule has 1 atom stereocenters. The van der Waals surface area contributed by atoms with Crippen molar-refractivity contribution < 1.29 is 9.59 Å². The van der Waals surface area contributed by atoms with Crippen LogP contribution in [0.15, 0.2) is 10.4 Å². The molecule has 0 radical (unpaired) electrons. The van der Waals surface area contributed by atoms with Gasteiger partial charge in [-0.15, -0.1) is 11.3 Å². The van der Waals surface area contributed by atoms with Crippen LogP contribution in [0.4, 0.5) is 0 Å². The number of aromatic nitrogens is 1. The summed E-state index contributed by atoms with van der Waals surface area (Å²) in [5.74, 6) is -0.793. The summed E-state index contributed by atoms with van der Waals surface area (Å²) in [6.45, 7) is 6.55. The zero-order valence-electron chi connectivity index (χ0n) is 8.98. The Morgan fingerprint density at radius 2 is 2.25 bits per heavy atom. The molecule has 0 fully saturated rings. The van der Waals surface area contributed by atoms with Gasteiger partial charge in [0.1, 0.15) is 10.7 Å². The molecule has 1 heterocycles. The Hall–Kier alpha value is -1.76. The number of aliphatic imine (C=N–C) groups is 1. The summed E-state index contributed by atoms with van der Waals surface area (Å²) in [5.41, 5.74) is 4.67. The molecule has 1 rings (SSSR count). The third-order valence-corrected chi connectivity index (χ3v) is 2.75. The van der Waals surface area contributed by atoms with E-state index in [4.69, 9.17) is 0 Å². The molecule has 0 bridgehead atoms. The van der Waals surface area contributed by atoms with Gasteiger partial charge in [-0.2, -0.15) is 0 Å². The van der Waals surface area contributed by atoms with Crippen LogP contribution in [0.25, 0.3) is 0 Å². The van der Waals surface area contributed by atoms with E-state index in [-0.39, 0.29) is 17.6 Å². The number of nitrogens with zero attached hydrogens (tertiary/aromatic N) is 2. The molecule has 2 amide bonds. The van der Waals surface area contributed by atoms with Crippen LogP contribution >= 0.6 is 11.3 Å². The fourth-order valence-corrected chi connectivity index (χ4v) is 1.69. The minimum atomic E-state index is -0.450. The van der Waals surface area contributed by atoms with Crippen molar-refractivity contribution in [1.82, 2.24) is 15.8 Å². The number of amides is 2. The van der Waals surface area contributed by atoms with E-state index in [2.05, 4.69) is 27.5 Å². The number of carbonyl (C=O) groups excluding carboxylic acids is 2. The highest BCUT2D eigenvalue weighted by molar-refractivity contribution is 7.09. The molecule has 0 aliphatic heterocycles. The van der Waals surface area contributed by atoms with Crippen molar-refractivity contribution >= 4 is 29.9 Å². The van der Waals surface area contributed by atoms with Crippen LogP contribution in [0.2, 0.25) is 0 Å². The smallest absolute Gasteiger partial charge is 0.289 e. The van der Waals surface area contributed by atoms with Gasteiger partial charge in [0.05, 0.1) is 6.04 Å². The second kappa shape index (κ2) is 5.36. The van der Waals surface area contributed by atoms with Gasteiger partial charge in [0.2, 0.25) is 5.91 Å². The lowest BCUT2D eigenvalue weighted by atomic mass is 10.4. The van der Waals surface area contributed by atoms with E-state index in [1.165, 1.54) is 18.3 Å². The lowest BCUT2D eigenvalue weighted by Gasteiger charge is -2.02. The molecule has 0 aromatic carbocycles. The molecule has 0 spiro atoms. The van der Waals surface area contributed by atoms with Crippen LogP contribution < -0.4 is 10.9 Å². The lowest BCUT2D eigenvalue weighted by Crippen LogP contribution is -2.40. The monoisotopic (exact) mass is 240 g/mol. The maximum absolute atomic E-state index is 11.4. The van der Waals surface area contributed by atoms with Crippen molar-refractivity contribution in [3.8, 4) is 0 Å². The topological polar surface area (TPSA) is 83.4 Å². The standard InChI is InChI=1S/C9H12N4O2S/c1-5(10-3)9-11-7(4-16-9)8(15)13-12-6(2)14/h4-5H,3H2,1-2H3,(H,12,14)(H,13,15). The summed E-state index contributed by atoms with van der Waals surface area (Å²) in [7, 11) is 0. The van der Waals surface area contributed by atoms with E-state index in [1.54, 1.807) is 5.38 Å². The van der Waals surface area contributed by atoms with Crippen LogP contribution in [0.1, 0.15) is 35.4 Å². The number of thiazole rings is 1. The Morgan fingerprint density at radius 1 is 1.56 bits per heavy atom. The minimum Gasteiger partial charge on any atom is -0.291 e. The van der Waals surface area contributed by atoms with Crippen LogP contribution in [0.3, 0.4) is 0 Å². The van der Waals surface area contributed by atoms with E-state index < -0.39 is 5.91 Å². The fraction of sp³-hybridized carbons (Fsp3) is 0.333. The minimum absolute atomic E-state index is 0.132. The van der Waals surface area contributed by atoms with Crippen LogP contribution in [-0.4, -0.2) is 23.5 Å². The molecule has 0 saturated heterocycles. The quantitative estimate of drug-likeness (QED) is 0.602. The number of carbonyl (C=O) groups is 2. The predicted octanol–water partition coefficient (Wildman–Crippen LogP) is 0.686. The summed E-state index contributed by atoms with van der Waals surface area (Å²) in [4.78, 5) is 29.9. The normalized spacial score (nSPS) is 11.6. The lowest BCUT2D eigenvalue weighted by molar-refractivity contribution is -0.119. The third-order valence-electron chi connectivity index (χ3n) is 1.74. The van der Waals surface area contributed by atoms with Gasteiger partial charge in [0.15, 0.2) is 0 Å². The molecule has 1 unspecified atom stereocenters. The first-order valence-corrected chi connectivity index (χ1v) is 5.40. The molecule has 7 heteroatoms. The maximum atomic E-state index is 11.4. The predicted molar refractivity (Wildman–Crippen MR) is 61.4 cm³/mol. The zero-order valence-corrected chi connectivity index (χ0v) is 9.80. The number of rotatable bonds is 3. The van der Waals surface area contributed by atoms with E-state index in [0.29, 0.717) is 5.01 Å². The Kier molecular flexibility index (Phi) is 4.12. The van der Waals surface area contributed by atoms with Crippen LogP contribution in [0.5, 0.6) is 0 Å². The SMILES string of the molecule is C=NC(C)c1nc(C(=O)NNC(C)=O)cs1. The summed E-state index contributed by atoms with van der Waals surface area (Å²) in [5, 5.41) is 2.32. The number of hydrazine groups is 1. The summed E-state index contributed by atoms with van der Waals surface area (Å²) >= 11 is 1.33. The van der Waals surface area contributed by atoms with Crippen molar-refractivity contribution in [2.75, 3.05) is 0 Å². The number of hydrogen-bond donors (Lipinski definition) is 2. The molecule has 1 aromatic heterocycles. The molecule has 16 heavy (non-hydrogen) atoms. The molecule has 0 saturated carbocycles. The van der Waals surface area contributed by atoms with Gasteiger partial charge in [-0.3, -0.25) is 25.4 Å². The highest BCUT2D eigenvalue weighted by Crippen LogP contribution is 2.20. The Bertz CT molecular complexity index is 415. The number of nitrogens with one attached hydrogen (secondary N) is 2. The van der Waals surface area contributed by atoms with Gasteiger partial charge in [-0.1, -0.05) is 0 Å². The van der Waals surface area contributed by atoms with Crippen molar-refractivity contribution in [2.45, 2.75) is 19.9 Å². The Morgan fingerprint density at radius 3 is 2.81 bits per heavy atom. The first kappa shape index (κ1) is 12.3. The molecule has 1 aromatic rings. The second-order valence-corrected chi connectivity index (χ2v) is 3.95. The van der Waals surface area contributed by atoms with Crippen molar-refractivity contribution in [2.24, 2.45) is 4.99 Å².